The Balaban J connectivity index is 1.64. The number of hydrogen-bond acceptors (Lipinski definition) is 2. The van der Waals surface area contributed by atoms with Gasteiger partial charge >= 0.3 is 0 Å². The summed E-state index contributed by atoms with van der Waals surface area (Å²) < 4.78 is 5.60. The van der Waals surface area contributed by atoms with Crippen LogP contribution in [0.25, 0.3) is 10.8 Å². The first-order valence-corrected chi connectivity index (χ1v) is 7.60. The van der Waals surface area contributed by atoms with Gasteiger partial charge in [0.05, 0.1) is 0 Å². The van der Waals surface area contributed by atoms with Crippen LogP contribution in [0.2, 0.25) is 0 Å². The fraction of sp³-hybridized carbons (Fsp3) is 0.150. The van der Waals surface area contributed by atoms with Crippen LogP contribution in [0.3, 0.4) is 0 Å². The van der Waals surface area contributed by atoms with Crippen LogP contribution in [-0.2, 0) is 4.79 Å². The van der Waals surface area contributed by atoms with E-state index in [1.165, 1.54) is 5.56 Å². The maximum atomic E-state index is 12.1. The number of rotatable bonds is 4. The molecule has 116 valence electrons. The Hall–Kier alpha value is -2.81. The lowest BCUT2D eigenvalue weighted by atomic mass is 10.1. The van der Waals surface area contributed by atoms with Crippen molar-refractivity contribution in [2.75, 3.05) is 11.9 Å². The average molecular weight is 305 g/mol. The van der Waals surface area contributed by atoms with E-state index in [1.807, 2.05) is 74.5 Å². The average Bonchev–Trinajstić information content (AvgIpc) is 2.54. The summed E-state index contributed by atoms with van der Waals surface area (Å²) in [5.41, 5.74) is 2.98. The van der Waals surface area contributed by atoms with Crippen LogP contribution < -0.4 is 10.1 Å². The minimum Gasteiger partial charge on any atom is -0.483 e. The van der Waals surface area contributed by atoms with Crippen molar-refractivity contribution in [3.8, 4) is 5.75 Å². The molecule has 0 heterocycles. The van der Waals surface area contributed by atoms with Crippen molar-refractivity contribution in [3.63, 3.8) is 0 Å². The van der Waals surface area contributed by atoms with E-state index in [1.54, 1.807) is 0 Å². The molecule has 23 heavy (non-hydrogen) atoms. The van der Waals surface area contributed by atoms with Gasteiger partial charge in [0.1, 0.15) is 5.75 Å². The maximum absolute atomic E-state index is 12.1. The van der Waals surface area contributed by atoms with Crippen LogP contribution in [0.15, 0.2) is 60.7 Å². The second-order valence-electron chi connectivity index (χ2n) is 5.67. The topological polar surface area (TPSA) is 38.3 Å². The smallest absolute Gasteiger partial charge is 0.262 e. The van der Waals surface area contributed by atoms with Crippen LogP contribution in [0, 0.1) is 13.8 Å². The van der Waals surface area contributed by atoms with Crippen molar-refractivity contribution in [2.24, 2.45) is 0 Å². The highest BCUT2D eigenvalue weighted by molar-refractivity contribution is 5.95. The predicted molar refractivity (Wildman–Crippen MR) is 94.0 cm³/mol. The molecule has 0 unspecified atom stereocenters. The molecular formula is C20H19NO2. The summed E-state index contributed by atoms with van der Waals surface area (Å²) in [5, 5.41) is 5.12. The van der Waals surface area contributed by atoms with Gasteiger partial charge in [0.2, 0.25) is 0 Å². The molecule has 3 aromatic carbocycles. The molecule has 0 aliphatic carbocycles. The summed E-state index contributed by atoms with van der Waals surface area (Å²) >= 11 is 0. The number of carbonyl (C=O) groups excluding carboxylic acids is 1. The summed E-state index contributed by atoms with van der Waals surface area (Å²) in [7, 11) is 0. The van der Waals surface area contributed by atoms with Gasteiger partial charge in [-0.1, -0.05) is 48.0 Å². The zero-order valence-electron chi connectivity index (χ0n) is 13.3. The number of ether oxygens (including phenoxy) is 1. The molecule has 3 nitrogen and oxygen atoms in total. The summed E-state index contributed by atoms with van der Waals surface area (Å²) in [6, 6.07) is 19.8. The van der Waals surface area contributed by atoms with Crippen LogP contribution >= 0.6 is 0 Å². The first kappa shape index (κ1) is 15.1. The Morgan fingerprint density at radius 3 is 2.52 bits per heavy atom. The number of benzene rings is 3. The summed E-state index contributed by atoms with van der Waals surface area (Å²) in [6.45, 7) is 4.00. The summed E-state index contributed by atoms with van der Waals surface area (Å²) in [6.07, 6.45) is 0. The largest absolute Gasteiger partial charge is 0.483 e. The molecule has 0 aromatic heterocycles. The lowest BCUT2D eigenvalue weighted by molar-refractivity contribution is -0.118. The van der Waals surface area contributed by atoms with E-state index in [2.05, 4.69) is 5.32 Å². The van der Waals surface area contributed by atoms with E-state index in [-0.39, 0.29) is 12.5 Å². The van der Waals surface area contributed by atoms with E-state index in [0.717, 1.165) is 27.8 Å². The van der Waals surface area contributed by atoms with Gasteiger partial charge < -0.3 is 10.1 Å². The minimum absolute atomic E-state index is 0.00325. The van der Waals surface area contributed by atoms with Crippen LogP contribution in [0.5, 0.6) is 5.75 Å². The molecule has 0 saturated carbocycles. The quantitative estimate of drug-likeness (QED) is 0.772. The number of anilines is 1. The molecule has 0 bridgehead atoms. The monoisotopic (exact) mass is 305 g/mol. The molecule has 0 spiro atoms. The van der Waals surface area contributed by atoms with E-state index in [0.29, 0.717) is 0 Å². The maximum Gasteiger partial charge on any atom is 0.262 e. The molecule has 3 rings (SSSR count). The van der Waals surface area contributed by atoms with Gasteiger partial charge in [-0.3, -0.25) is 4.79 Å². The Morgan fingerprint density at radius 2 is 1.74 bits per heavy atom. The van der Waals surface area contributed by atoms with Crippen molar-refractivity contribution in [2.45, 2.75) is 13.8 Å². The molecule has 0 fully saturated rings. The Morgan fingerprint density at radius 1 is 0.957 bits per heavy atom. The zero-order valence-corrected chi connectivity index (χ0v) is 13.3. The van der Waals surface area contributed by atoms with Gasteiger partial charge in [-0.2, -0.15) is 0 Å². The van der Waals surface area contributed by atoms with Crippen molar-refractivity contribution in [1.29, 1.82) is 0 Å². The molecule has 3 aromatic rings. The van der Waals surface area contributed by atoms with E-state index < -0.39 is 0 Å². The Labute approximate surface area is 135 Å². The number of amides is 1. The molecule has 0 atom stereocenters. The van der Waals surface area contributed by atoms with Crippen LogP contribution in [-0.4, -0.2) is 12.5 Å². The Bertz CT molecular complexity index is 855. The van der Waals surface area contributed by atoms with Gasteiger partial charge in [-0.05, 0) is 48.4 Å². The van der Waals surface area contributed by atoms with Gasteiger partial charge in [0.15, 0.2) is 6.61 Å². The standard InChI is InChI=1S/C20H19NO2/c1-14-7-10-19(15(2)11-14)23-13-20(22)21-18-9-8-16-5-3-4-6-17(16)12-18/h3-12H,13H2,1-2H3,(H,21,22). The number of fused-ring (bicyclic) bond motifs is 1. The van der Waals surface area contributed by atoms with Crippen molar-refractivity contribution in [3.05, 3.63) is 71.8 Å². The summed E-state index contributed by atoms with van der Waals surface area (Å²) in [5.74, 6) is 0.574. The second-order valence-corrected chi connectivity index (χ2v) is 5.67. The third-order valence-corrected chi connectivity index (χ3v) is 3.72. The molecule has 0 saturated heterocycles. The summed E-state index contributed by atoms with van der Waals surface area (Å²) in [4.78, 5) is 12.1. The molecule has 0 radical (unpaired) electrons. The fourth-order valence-corrected chi connectivity index (χ4v) is 2.57. The first-order chi connectivity index (χ1) is 11.1. The molecule has 3 heteroatoms. The van der Waals surface area contributed by atoms with Gasteiger partial charge in [0.25, 0.3) is 5.91 Å². The lowest BCUT2D eigenvalue weighted by Gasteiger charge is -2.10. The molecule has 1 amide bonds. The van der Waals surface area contributed by atoms with Crippen molar-refractivity contribution >= 4 is 22.4 Å². The number of carbonyl (C=O) groups is 1. The molecule has 0 aliphatic rings. The predicted octanol–water partition coefficient (Wildman–Crippen LogP) is 4.47. The van der Waals surface area contributed by atoms with E-state index >= 15 is 0 Å². The minimum atomic E-state index is -0.166. The van der Waals surface area contributed by atoms with E-state index in [4.69, 9.17) is 4.74 Å². The van der Waals surface area contributed by atoms with Crippen molar-refractivity contribution in [1.82, 2.24) is 0 Å². The van der Waals surface area contributed by atoms with Gasteiger partial charge in [0, 0.05) is 5.69 Å². The number of nitrogens with one attached hydrogen (secondary N) is 1. The third-order valence-electron chi connectivity index (χ3n) is 3.72. The van der Waals surface area contributed by atoms with Crippen molar-refractivity contribution < 1.29 is 9.53 Å². The zero-order chi connectivity index (χ0) is 16.2. The number of hydrogen-bond donors (Lipinski definition) is 1. The number of aryl methyl sites for hydroxylation is 2. The molecule has 1 N–H and O–H groups in total. The highest BCUT2D eigenvalue weighted by atomic mass is 16.5. The van der Waals surface area contributed by atoms with Gasteiger partial charge in [-0.25, -0.2) is 0 Å². The van der Waals surface area contributed by atoms with E-state index in [9.17, 15) is 4.79 Å². The normalized spacial score (nSPS) is 10.5. The van der Waals surface area contributed by atoms with Gasteiger partial charge in [-0.15, -0.1) is 0 Å². The van der Waals surface area contributed by atoms with Crippen LogP contribution in [0.4, 0.5) is 5.69 Å². The fourth-order valence-electron chi connectivity index (χ4n) is 2.57. The highest BCUT2D eigenvalue weighted by Gasteiger charge is 2.06. The first-order valence-electron chi connectivity index (χ1n) is 7.60. The Kier molecular flexibility index (Phi) is 4.29. The highest BCUT2D eigenvalue weighted by Crippen LogP contribution is 2.20. The third kappa shape index (κ3) is 3.69. The SMILES string of the molecule is Cc1ccc(OCC(=O)Nc2ccc3ccccc3c2)c(C)c1. The molecule has 0 aliphatic heterocycles. The molecular weight excluding hydrogens is 286 g/mol. The second kappa shape index (κ2) is 6.53. The lowest BCUT2D eigenvalue weighted by Crippen LogP contribution is -2.20. The van der Waals surface area contributed by atoms with Crippen LogP contribution in [0.1, 0.15) is 11.1 Å².